The summed E-state index contributed by atoms with van der Waals surface area (Å²) < 4.78 is 18.8. The van der Waals surface area contributed by atoms with Crippen LogP contribution in [-0.4, -0.2) is 25.9 Å². The Hall–Kier alpha value is -1.72. The molecule has 0 fully saturated rings. The lowest BCUT2D eigenvalue weighted by Gasteiger charge is -2.26. The zero-order chi connectivity index (χ0) is 19.3. The van der Waals surface area contributed by atoms with Gasteiger partial charge in [-0.3, -0.25) is 0 Å². The summed E-state index contributed by atoms with van der Waals surface area (Å²) in [5.74, 6) is 0. The van der Waals surface area contributed by atoms with Crippen LogP contribution in [0.1, 0.15) is 17.5 Å². The molecule has 0 N–H and O–H groups in total. The summed E-state index contributed by atoms with van der Waals surface area (Å²) in [6, 6.07) is 20.3. The van der Waals surface area contributed by atoms with E-state index in [-0.39, 0.29) is 12.2 Å². The lowest BCUT2D eigenvalue weighted by atomic mass is 10.1. The number of hydrogen-bond acceptors (Lipinski definition) is 3. The quantitative estimate of drug-likeness (QED) is 0.406. The third kappa shape index (κ3) is 8.22. The normalized spacial score (nSPS) is 13.9. The molecule has 0 amide bonds. The van der Waals surface area contributed by atoms with Crippen LogP contribution in [0.3, 0.4) is 0 Å². The minimum Gasteiger partial charge on any atom is -0.376 e. The fourth-order valence-electron chi connectivity index (χ4n) is 2.66. The number of hydrogen-bond donors (Lipinski definition) is 0. The second-order valence-corrected chi connectivity index (χ2v) is 7.18. The molecule has 144 valence electrons. The molecule has 0 saturated heterocycles. The smallest absolute Gasteiger partial charge is 0.107 e. The summed E-state index contributed by atoms with van der Waals surface area (Å²) in [6.45, 7) is 5.28. The van der Waals surface area contributed by atoms with Gasteiger partial charge in [-0.05, 0) is 15.6 Å². The van der Waals surface area contributed by atoms with Crippen LogP contribution in [0.4, 0.5) is 0 Å². The van der Waals surface area contributed by atoms with E-state index < -0.39 is 0 Å². The second-order valence-electron chi connectivity index (χ2n) is 6.16. The van der Waals surface area contributed by atoms with Crippen LogP contribution < -0.4 is 0 Å². The molecule has 2 rings (SSSR count). The molecule has 0 spiro atoms. The molecule has 0 radical (unpaired) electrons. The average molecular weight is 431 g/mol. The summed E-state index contributed by atoms with van der Waals surface area (Å²) in [7, 11) is 1.69. The zero-order valence-electron chi connectivity index (χ0n) is 15.7. The van der Waals surface area contributed by atoms with Crippen molar-refractivity contribution in [1.29, 1.82) is 0 Å². The molecule has 0 aromatic heterocycles. The van der Waals surface area contributed by atoms with E-state index in [1.54, 1.807) is 13.2 Å². The number of ether oxygens (including phenoxy) is 3. The molecule has 2 unspecified atom stereocenters. The fourth-order valence-corrected chi connectivity index (χ4v) is 3.16. The van der Waals surface area contributed by atoms with Crippen LogP contribution in [0.25, 0.3) is 0 Å². The van der Waals surface area contributed by atoms with E-state index >= 15 is 0 Å². The Morgan fingerprint density at radius 3 is 2.11 bits per heavy atom. The van der Waals surface area contributed by atoms with Gasteiger partial charge in [0.05, 0.1) is 25.9 Å². The van der Waals surface area contributed by atoms with Crippen molar-refractivity contribution in [2.75, 3.05) is 13.7 Å². The van der Waals surface area contributed by atoms with Gasteiger partial charge in [0, 0.05) is 13.5 Å². The Morgan fingerprint density at radius 2 is 1.56 bits per heavy atom. The Balaban J connectivity index is 1.96. The van der Waals surface area contributed by atoms with Crippen LogP contribution in [0, 0.1) is 0 Å². The molecular formula is C23H27BrO3. The summed E-state index contributed by atoms with van der Waals surface area (Å²) in [6.07, 6.45) is 4.05. The highest BCUT2D eigenvalue weighted by atomic mass is 79.9. The van der Waals surface area contributed by atoms with Gasteiger partial charge in [-0.1, -0.05) is 95.3 Å². The fraction of sp³-hybridized carbons (Fsp3) is 0.304. The van der Waals surface area contributed by atoms with E-state index in [1.165, 1.54) is 0 Å². The van der Waals surface area contributed by atoms with E-state index in [4.69, 9.17) is 14.2 Å². The molecule has 0 saturated carbocycles. The minimum atomic E-state index is -0.178. The number of benzene rings is 2. The minimum absolute atomic E-state index is 0.142. The van der Waals surface area contributed by atoms with Crippen LogP contribution >= 0.6 is 15.9 Å². The standard InChI is InChI=1S/C23H27BrO3/c1-3-10-21(24)15-22(27-17-20-13-8-5-9-14-20)23(25-2)18-26-16-19-11-6-4-7-12-19/h3-14,22-23H,1,15-18H2,2H3/b21-10+. The third-order valence-electron chi connectivity index (χ3n) is 4.11. The second kappa shape index (κ2) is 12.6. The molecule has 4 heteroatoms. The lowest BCUT2D eigenvalue weighted by molar-refractivity contribution is -0.0957. The maximum atomic E-state index is 6.19. The van der Waals surface area contributed by atoms with E-state index in [0.29, 0.717) is 26.2 Å². The zero-order valence-corrected chi connectivity index (χ0v) is 17.3. The third-order valence-corrected chi connectivity index (χ3v) is 4.70. The van der Waals surface area contributed by atoms with Crippen molar-refractivity contribution < 1.29 is 14.2 Å². The van der Waals surface area contributed by atoms with Gasteiger partial charge >= 0.3 is 0 Å². The molecule has 0 aliphatic carbocycles. The number of rotatable bonds is 12. The van der Waals surface area contributed by atoms with Gasteiger partial charge in [-0.15, -0.1) is 0 Å². The first-order valence-electron chi connectivity index (χ1n) is 9.00. The van der Waals surface area contributed by atoms with E-state index in [1.807, 2.05) is 42.5 Å². The Labute approximate surface area is 170 Å². The van der Waals surface area contributed by atoms with E-state index in [0.717, 1.165) is 15.6 Å². The number of halogens is 1. The highest BCUT2D eigenvalue weighted by molar-refractivity contribution is 9.11. The number of methoxy groups -OCH3 is 1. The van der Waals surface area contributed by atoms with Gasteiger partial charge in [-0.2, -0.15) is 0 Å². The highest BCUT2D eigenvalue weighted by Gasteiger charge is 2.23. The highest BCUT2D eigenvalue weighted by Crippen LogP contribution is 2.21. The molecular weight excluding hydrogens is 404 g/mol. The van der Waals surface area contributed by atoms with Crippen molar-refractivity contribution >= 4 is 15.9 Å². The SMILES string of the molecule is C=C/C=C(/Br)CC(OCc1ccccc1)C(COCc1ccccc1)OC. The molecule has 2 atom stereocenters. The first kappa shape index (κ1) is 21.6. The predicted molar refractivity (Wildman–Crippen MR) is 114 cm³/mol. The molecule has 0 aliphatic heterocycles. The average Bonchev–Trinajstić information content (AvgIpc) is 2.70. The van der Waals surface area contributed by atoms with Crippen molar-refractivity contribution in [3.63, 3.8) is 0 Å². The van der Waals surface area contributed by atoms with Gasteiger partial charge < -0.3 is 14.2 Å². The Morgan fingerprint density at radius 1 is 0.963 bits per heavy atom. The van der Waals surface area contributed by atoms with Crippen LogP contribution in [0.2, 0.25) is 0 Å². The topological polar surface area (TPSA) is 27.7 Å². The van der Waals surface area contributed by atoms with Gasteiger partial charge in [0.2, 0.25) is 0 Å². The molecule has 0 aliphatic rings. The van der Waals surface area contributed by atoms with Crippen molar-refractivity contribution in [3.8, 4) is 0 Å². The Bertz CT molecular complexity index is 685. The van der Waals surface area contributed by atoms with Crippen LogP contribution in [0.15, 0.2) is 83.9 Å². The van der Waals surface area contributed by atoms with Crippen LogP contribution in [0.5, 0.6) is 0 Å². The molecule has 0 bridgehead atoms. The van der Waals surface area contributed by atoms with Crippen molar-refractivity contribution in [1.82, 2.24) is 0 Å². The van der Waals surface area contributed by atoms with Crippen LogP contribution in [-0.2, 0) is 27.4 Å². The molecule has 2 aromatic carbocycles. The van der Waals surface area contributed by atoms with Gasteiger partial charge in [0.25, 0.3) is 0 Å². The first-order chi connectivity index (χ1) is 13.2. The van der Waals surface area contributed by atoms with Gasteiger partial charge in [0.1, 0.15) is 6.10 Å². The lowest BCUT2D eigenvalue weighted by Crippen LogP contribution is -2.35. The van der Waals surface area contributed by atoms with Crippen molar-refractivity contribution in [2.45, 2.75) is 31.8 Å². The summed E-state index contributed by atoms with van der Waals surface area (Å²) in [4.78, 5) is 0. The van der Waals surface area contributed by atoms with Gasteiger partial charge in [0.15, 0.2) is 0 Å². The summed E-state index contributed by atoms with van der Waals surface area (Å²) in [5.41, 5.74) is 2.27. The number of allylic oxidation sites excluding steroid dienone is 2. The maximum absolute atomic E-state index is 6.19. The molecule has 27 heavy (non-hydrogen) atoms. The predicted octanol–water partition coefficient (Wildman–Crippen LogP) is 5.66. The van der Waals surface area contributed by atoms with Crippen molar-refractivity contribution in [3.05, 3.63) is 95.0 Å². The van der Waals surface area contributed by atoms with E-state index in [9.17, 15) is 0 Å². The maximum Gasteiger partial charge on any atom is 0.107 e. The van der Waals surface area contributed by atoms with Crippen molar-refractivity contribution in [2.24, 2.45) is 0 Å². The largest absolute Gasteiger partial charge is 0.376 e. The Kier molecular flexibility index (Phi) is 10.1. The van der Waals surface area contributed by atoms with Gasteiger partial charge in [-0.25, -0.2) is 0 Å². The molecule has 2 aromatic rings. The first-order valence-corrected chi connectivity index (χ1v) is 9.79. The molecule has 0 heterocycles. The summed E-state index contributed by atoms with van der Waals surface area (Å²) in [5, 5.41) is 0. The monoisotopic (exact) mass is 430 g/mol. The summed E-state index contributed by atoms with van der Waals surface area (Å²) >= 11 is 3.58. The molecule has 3 nitrogen and oxygen atoms in total. The van der Waals surface area contributed by atoms with E-state index in [2.05, 4.69) is 46.8 Å².